The van der Waals surface area contributed by atoms with E-state index in [4.69, 9.17) is 9.90 Å². The van der Waals surface area contributed by atoms with Crippen LogP contribution in [0.2, 0.25) is 0 Å². The summed E-state index contributed by atoms with van der Waals surface area (Å²) in [5.74, 6) is -2.32. The number of hydrogen-bond donors (Lipinski definition) is 1. The van der Waals surface area contributed by atoms with Gasteiger partial charge >= 0.3 is 62.7 Å². The van der Waals surface area contributed by atoms with Gasteiger partial charge in [0.2, 0.25) is 0 Å². The van der Waals surface area contributed by atoms with E-state index in [0.29, 0.717) is 0 Å². The summed E-state index contributed by atoms with van der Waals surface area (Å²) in [7, 11) is 0. The van der Waals surface area contributed by atoms with Crippen LogP contribution in [0.5, 0.6) is 0 Å². The number of hydrogen-bond acceptors (Lipinski definition) is 1. The van der Waals surface area contributed by atoms with Gasteiger partial charge in [-0.15, -0.1) is 0 Å². The minimum atomic E-state index is -4.11. The molecule has 2 nitrogen and oxygen atoms in total. The van der Waals surface area contributed by atoms with Gasteiger partial charge in [-0.1, -0.05) is 0 Å². The molecule has 0 atom stereocenters. The molecule has 0 fully saturated rings. The van der Waals surface area contributed by atoms with Crippen LogP contribution in [0.25, 0.3) is 0 Å². The second-order valence-corrected chi connectivity index (χ2v) is 1.28. The molecule has 0 aliphatic heterocycles. The summed E-state index contributed by atoms with van der Waals surface area (Å²) < 4.78 is 22.0. The number of alkyl halides is 3. The van der Waals surface area contributed by atoms with Crippen molar-refractivity contribution in [2.45, 2.75) is 5.38 Å². The molecule has 0 saturated heterocycles. The van der Waals surface area contributed by atoms with Gasteiger partial charge in [0.25, 0.3) is 0 Å². The van der Waals surface area contributed by atoms with Crippen molar-refractivity contribution in [1.29, 1.82) is 0 Å². The molecule has 0 aromatic rings. The molecule has 0 heterocycles. The number of carboxylic acid groups (broad SMARTS) is 1. The van der Waals surface area contributed by atoms with Gasteiger partial charge in [0.1, 0.15) is 0 Å². The van der Waals surface area contributed by atoms with Crippen molar-refractivity contribution in [1.82, 2.24) is 0 Å². The van der Waals surface area contributed by atoms with Crippen molar-refractivity contribution < 1.29 is 71.5 Å². The first-order valence-electron chi connectivity index (χ1n) is 1.24. The quantitative estimate of drug-likeness (QED) is 0.366. The van der Waals surface area contributed by atoms with Crippen LogP contribution in [0.15, 0.2) is 0 Å². The molecule has 44 valence electrons. The summed E-state index contributed by atoms with van der Waals surface area (Å²) in [5.41, 5.74) is 0. The zero-order chi connectivity index (χ0) is 6.08. The Morgan fingerprint density at radius 1 is 1.75 bits per heavy atom. The maximum Gasteiger partial charge on any atom is 1.00 e. The Balaban J connectivity index is -0.000000180. The summed E-state index contributed by atoms with van der Waals surface area (Å²) in [6.07, 6.45) is 0. The average molecular weight is 171 g/mol. The van der Waals surface area contributed by atoms with Crippen molar-refractivity contribution in [3.8, 4) is 0 Å². The maximum atomic E-state index is 11.0. The van der Waals surface area contributed by atoms with Gasteiger partial charge in [0.15, 0.2) is 0 Å². The molecule has 0 aromatic carbocycles. The Labute approximate surface area is 93.1 Å². The zero-order valence-corrected chi connectivity index (χ0v) is 7.87. The number of rotatable bonds is 1. The van der Waals surface area contributed by atoms with E-state index < -0.39 is 11.4 Å². The topological polar surface area (TPSA) is 37.3 Å². The van der Waals surface area contributed by atoms with Crippen LogP contribution in [0.1, 0.15) is 1.43 Å². The first kappa shape index (κ1) is 12.0. The third-order valence-electron chi connectivity index (χ3n) is 0.243. The molecule has 0 amide bonds. The number of carbonyl (C=O) groups is 1. The van der Waals surface area contributed by atoms with Gasteiger partial charge < -0.3 is 6.53 Å². The second kappa shape index (κ2) is 4.13. The molecule has 0 unspecified atom stereocenters. The van der Waals surface area contributed by atoms with Gasteiger partial charge in [-0.25, -0.2) is 4.79 Å². The smallest absolute Gasteiger partial charge is 1.00 e. The van der Waals surface area contributed by atoms with Gasteiger partial charge in [-0.3, -0.25) is 0 Å². The van der Waals surface area contributed by atoms with E-state index in [0.717, 1.165) is 0 Å². The molecule has 8 heavy (non-hydrogen) atoms. The zero-order valence-electron chi connectivity index (χ0n) is 4.99. The van der Waals surface area contributed by atoms with Gasteiger partial charge in [-0.2, -0.15) is 8.78 Å². The third-order valence-corrected chi connectivity index (χ3v) is 0.404. The third kappa shape index (κ3) is 5.39. The van der Waals surface area contributed by atoms with E-state index >= 15 is 0 Å². The van der Waals surface area contributed by atoms with E-state index in [1.807, 2.05) is 0 Å². The van der Waals surface area contributed by atoms with E-state index in [1.165, 1.54) is 0 Å². The first-order chi connectivity index (χ1) is 2.94. The molecule has 0 saturated carbocycles. The summed E-state index contributed by atoms with van der Waals surface area (Å²) in [6.45, 7) is 0. The van der Waals surface area contributed by atoms with Crippen LogP contribution in [0, 0.1) is 0 Å². The Morgan fingerprint density at radius 2 is 1.88 bits per heavy atom. The predicted molar refractivity (Wildman–Crippen MR) is 19.5 cm³/mol. The molecule has 0 radical (unpaired) electrons. The molecule has 1 N–H and O–H groups in total. The number of carboxylic acids is 1. The summed E-state index contributed by atoms with van der Waals surface area (Å²) in [6, 6.07) is 0. The molecule has 0 aliphatic rings. The van der Waals surface area contributed by atoms with Crippen molar-refractivity contribution in [2.24, 2.45) is 0 Å². The van der Waals surface area contributed by atoms with E-state index in [1.54, 1.807) is 0 Å². The van der Waals surface area contributed by atoms with Crippen molar-refractivity contribution in [3.05, 3.63) is 0 Å². The average Bonchev–Trinajstić information content (AvgIpc) is 1.31. The van der Waals surface area contributed by atoms with Crippen molar-refractivity contribution in [2.75, 3.05) is 0 Å². The normalized spacial score (nSPS) is 9.88. The van der Waals surface area contributed by atoms with Gasteiger partial charge in [-0.05, 0) is 11.6 Å². The molecule has 6 heteroatoms. The van der Waals surface area contributed by atoms with E-state index in [-0.39, 0.29) is 52.8 Å². The number of aliphatic carboxylic acids is 1. The van der Waals surface area contributed by atoms with E-state index in [9.17, 15) is 8.78 Å². The summed E-state index contributed by atoms with van der Waals surface area (Å²) in [5, 5.41) is 3.26. The van der Waals surface area contributed by atoms with E-state index in [2.05, 4.69) is 11.6 Å². The Kier molecular flexibility index (Phi) is 6.19. The van der Waals surface area contributed by atoms with Gasteiger partial charge in [0, 0.05) is 0 Å². The molecule has 0 aliphatic carbocycles. The van der Waals surface area contributed by atoms with Crippen molar-refractivity contribution in [3.63, 3.8) is 0 Å². The fraction of sp³-hybridized carbons (Fsp3) is 0.500. The molecule has 0 bridgehead atoms. The van der Waals surface area contributed by atoms with Crippen LogP contribution >= 0.6 is 11.6 Å². The van der Waals surface area contributed by atoms with Crippen LogP contribution in [0.3, 0.4) is 0 Å². The molecule has 0 rings (SSSR count). The Hall–Kier alpha value is 1.26. The van der Waals surface area contributed by atoms with Crippen LogP contribution in [-0.2, 0) is 4.79 Å². The fourth-order valence-corrected chi connectivity index (χ4v) is 0. The van der Waals surface area contributed by atoms with Crippen LogP contribution < -0.4 is 51.4 Å². The first-order valence-corrected chi connectivity index (χ1v) is 1.62. The predicted octanol–water partition coefficient (Wildman–Crippen LogP) is -1.98. The molecular formula is C2H2ClF2KO2. The van der Waals surface area contributed by atoms with Crippen LogP contribution in [-0.4, -0.2) is 16.5 Å². The fourth-order valence-electron chi connectivity index (χ4n) is 0. The minimum Gasteiger partial charge on any atom is -1.00 e. The minimum absolute atomic E-state index is 0. The SMILES string of the molecule is O=C(O)C(F)(F)Cl.[H-].[K+]. The summed E-state index contributed by atoms with van der Waals surface area (Å²) >= 11 is 3.94. The molecule has 0 spiro atoms. The standard InChI is InChI=1S/C2HClF2O2.K.H/c3-2(4,5)1(6)7;;/h(H,6,7);;/q;+1;-1. The van der Waals surface area contributed by atoms with Crippen molar-refractivity contribution >= 4 is 17.6 Å². The Morgan fingerprint density at radius 3 is 1.88 bits per heavy atom. The molecular weight excluding hydrogens is 169 g/mol. The monoisotopic (exact) mass is 170 g/mol. The number of halogens is 3. The Bertz CT molecular complexity index is 95.1. The largest absolute Gasteiger partial charge is 1.00 e. The molecule has 0 aromatic heterocycles. The second-order valence-electron chi connectivity index (χ2n) is 0.803. The van der Waals surface area contributed by atoms with Crippen LogP contribution in [0.4, 0.5) is 8.78 Å². The summed E-state index contributed by atoms with van der Waals surface area (Å²) in [4.78, 5) is 9.14. The van der Waals surface area contributed by atoms with Gasteiger partial charge in [0.05, 0.1) is 0 Å². The maximum absolute atomic E-state index is 11.0.